The normalized spacial score (nSPS) is 14.0. The van der Waals surface area contributed by atoms with Gasteiger partial charge in [0.05, 0.1) is 22.1 Å². The summed E-state index contributed by atoms with van der Waals surface area (Å²) < 4.78 is 5.96. The molecule has 1 fully saturated rings. The third-order valence-corrected chi connectivity index (χ3v) is 8.27. The van der Waals surface area contributed by atoms with Crippen LogP contribution in [0.1, 0.15) is 64.3 Å². The highest BCUT2D eigenvalue weighted by Crippen LogP contribution is 2.33. The molecule has 0 saturated carbocycles. The van der Waals surface area contributed by atoms with Crippen LogP contribution in [0.4, 0.5) is 10.6 Å². The molecule has 5 rings (SSSR count). The molecule has 41 heavy (non-hydrogen) atoms. The Balaban J connectivity index is 1.37. The molecule has 2 amide bonds. The summed E-state index contributed by atoms with van der Waals surface area (Å²) in [4.78, 5) is 42.2. The first kappa shape index (κ1) is 28.3. The van der Waals surface area contributed by atoms with E-state index >= 15 is 0 Å². The molecule has 0 spiro atoms. The van der Waals surface area contributed by atoms with Gasteiger partial charge in [-0.3, -0.25) is 14.5 Å². The average molecular weight is 572 g/mol. The van der Waals surface area contributed by atoms with Crippen molar-refractivity contribution in [2.75, 3.05) is 18.4 Å². The van der Waals surface area contributed by atoms with Crippen molar-refractivity contribution in [1.29, 1.82) is 0 Å². The lowest BCUT2D eigenvalue weighted by Crippen LogP contribution is -2.40. The number of fused-ring (bicyclic) bond motifs is 1. The largest absolute Gasteiger partial charge is 0.440 e. The number of rotatable bonds is 8. The van der Waals surface area contributed by atoms with E-state index in [1.165, 1.54) is 19.3 Å². The maximum Gasteiger partial charge on any atom is 0.440 e. The van der Waals surface area contributed by atoms with Crippen molar-refractivity contribution >= 4 is 45.3 Å². The van der Waals surface area contributed by atoms with E-state index < -0.39 is 11.6 Å². The summed E-state index contributed by atoms with van der Waals surface area (Å²) in [5.41, 5.74) is 1.92. The maximum absolute atomic E-state index is 13.3. The second-order valence-electron chi connectivity index (χ2n) is 10.6. The summed E-state index contributed by atoms with van der Waals surface area (Å²) in [7, 11) is 0. The van der Waals surface area contributed by atoms with Gasteiger partial charge in [-0.25, -0.2) is 4.79 Å². The maximum atomic E-state index is 13.3. The Morgan fingerprint density at radius 2 is 1.73 bits per heavy atom. The summed E-state index contributed by atoms with van der Waals surface area (Å²) in [5, 5.41) is 10.6. The zero-order valence-corrected chi connectivity index (χ0v) is 24.0. The number of aromatic nitrogens is 2. The Kier molecular flexibility index (Phi) is 8.32. The molecule has 0 radical (unpaired) electrons. The number of carbonyl (C=O) groups is 3. The van der Waals surface area contributed by atoms with E-state index in [-0.39, 0.29) is 17.6 Å². The van der Waals surface area contributed by atoms with Crippen molar-refractivity contribution in [2.45, 2.75) is 45.2 Å². The van der Waals surface area contributed by atoms with E-state index in [1.54, 1.807) is 18.2 Å². The van der Waals surface area contributed by atoms with Gasteiger partial charge in [0.1, 0.15) is 4.83 Å². The summed E-state index contributed by atoms with van der Waals surface area (Å²) in [6, 6.07) is 18.8. The Morgan fingerprint density at radius 3 is 2.41 bits per heavy atom. The van der Waals surface area contributed by atoms with Crippen LogP contribution in [-0.2, 0) is 16.8 Å². The van der Waals surface area contributed by atoms with Crippen LogP contribution in [-0.4, -0.2) is 45.7 Å². The number of benzene rings is 2. The number of amides is 2. The molecule has 1 aliphatic heterocycles. The molecule has 2 aromatic carbocycles. The molecular formula is C31H33N5O4S. The fraction of sp³-hybridized carbons (Fsp3) is 0.290. The number of nitrogens with one attached hydrogen (secondary N) is 2. The highest BCUT2D eigenvalue weighted by atomic mass is 32.1. The number of thiophene rings is 1. The van der Waals surface area contributed by atoms with Gasteiger partial charge >= 0.3 is 6.09 Å². The Labute approximate surface area is 242 Å². The quantitative estimate of drug-likeness (QED) is 0.247. The predicted octanol–water partition coefficient (Wildman–Crippen LogP) is 6.13. The van der Waals surface area contributed by atoms with Gasteiger partial charge in [0.25, 0.3) is 11.8 Å². The molecule has 0 bridgehead atoms. The van der Waals surface area contributed by atoms with Gasteiger partial charge < -0.3 is 15.4 Å². The molecule has 10 heteroatoms. The monoisotopic (exact) mass is 571 g/mol. The zero-order chi connectivity index (χ0) is 29.0. The van der Waals surface area contributed by atoms with E-state index in [9.17, 15) is 14.4 Å². The molecule has 9 nitrogen and oxygen atoms in total. The van der Waals surface area contributed by atoms with Gasteiger partial charge in [-0.05, 0) is 69.1 Å². The Bertz CT molecular complexity index is 1570. The lowest BCUT2D eigenvalue weighted by molar-refractivity contribution is 0.0915. The predicted molar refractivity (Wildman–Crippen MR) is 160 cm³/mol. The summed E-state index contributed by atoms with van der Waals surface area (Å²) in [6.45, 7) is 10.3. The van der Waals surface area contributed by atoms with Gasteiger partial charge in [-0.15, -0.1) is 16.4 Å². The van der Waals surface area contributed by atoms with Crippen LogP contribution in [0, 0.1) is 0 Å². The lowest BCUT2D eigenvalue weighted by atomic mass is 9.94. The second-order valence-corrected chi connectivity index (χ2v) is 11.6. The van der Waals surface area contributed by atoms with Crippen LogP contribution in [0.25, 0.3) is 10.2 Å². The van der Waals surface area contributed by atoms with Gasteiger partial charge in [0.15, 0.2) is 5.82 Å². The smallest absolute Gasteiger partial charge is 0.417 e. The number of carbonyl (C=O) groups excluding carboxylic acids is 3. The summed E-state index contributed by atoms with van der Waals surface area (Å²) in [5.74, 6) is -0.535. The van der Waals surface area contributed by atoms with Crippen molar-refractivity contribution in [3.8, 4) is 0 Å². The van der Waals surface area contributed by atoms with Crippen LogP contribution in [0.5, 0.6) is 0 Å². The number of likely N-dealkylation sites (tertiary alicyclic amines) is 1. The van der Waals surface area contributed by atoms with E-state index in [2.05, 4.69) is 27.2 Å². The summed E-state index contributed by atoms with van der Waals surface area (Å²) >= 11 is 1.08. The van der Waals surface area contributed by atoms with Gasteiger partial charge in [-0.2, -0.15) is 4.68 Å². The molecule has 1 aliphatic rings. The van der Waals surface area contributed by atoms with E-state index in [0.29, 0.717) is 20.7 Å². The van der Waals surface area contributed by atoms with Crippen molar-refractivity contribution < 1.29 is 19.1 Å². The topological polar surface area (TPSA) is 106 Å². The molecule has 212 valence electrons. The standard InChI is InChI=1S/C31H33N5O4S/c1-4-40-30(39)36-29-24(19-25(41-29)28(38)33-31(2,3)23-11-7-5-8-12-23)26(34-36)32-27(37)22-15-13-21(14-16-22)20-35-17-9-6-10-18-35/h4-5,7-8,11-16,19H,1,6,9-10,17-18,20H2,2-3H3,(H,33,38)(H,32,34,37). The number of nitrogens with zero attached hydrogens (tertiary/aromatic N) is 3. The number of ether oxygens (including phenoxy) is 1. The van der Waals surface area contributed by atoms with E-state index in [4.69, 9.17) is 4.74 Å². The highest BCUT2D eigenvalue weighted by Gasteiger charge is 2.27. The molecule has 0 unspecified atom stereocenters. The van der Waals surface area contributed by atoms with Crippen molar-refractivity contribution in [2.24, 2.45) is 0 Å². The number of anilines is 1. The van der Waals surface area contributed by atoms with Crippen LogP contribution >= 0.6 is 11.3 Å². The molecule has 1 saturated heterocycles. The lowest BCUT2D eigenvalue weighted by Gasteiger charge is -2.26. The number of hydrogen-bond acceptors (Lipinski definition) is 7. The van der Waals surface area contributed by atoms with Crippen molar-refractivity contribution in [3.63, 3.8) is 0 Å². The fourth-order valence-electron chi connectivity index (χ4n) is 4.95. The molecule has 3 heterocycles. The van der Waals surface area contributed by atoms with Crippen LogP contribution in [0.15, 0.2) is 73.5 Å². The minimum Gasteiger partial charge on any atom is -0.417 e. The van der Waals surface area contributed by atoms with Crippen molar-refractivity contribution in [3.05, 3.63) is 95.1 Å². The molecular weight excluding hydrogens is 538 g/mol. The highest BCUT2D eigenvalue weighted by molar-refractivity contribution is 7.20. The number of hydrogen-bond donors (Lipinski definition) is 2. The Morgan fingerprint density at radius 1 is 1.02 bits per heavy atom. The van der Waals surface area contributed by atoms with Crippen LogP contribution in [0.3, 0.4) is 0 Å². The number of piperidine rings is 1. The first-order valence-corrected chi connectivity index (χ1v) is 14.4. The minimum atomic E-state index is -0.800. The van der Waals surface area contributed by atoms with Crippen LogP contribution < -0.4 is 10.6 Å². The molecule has 0 aliphatic carbocycles. The fourth-order valence-corrected chi connectivity index (χ4v) is 5.94. The zero-order valence-electron chi connectivity index (χ0n) is 23.2. The average Bonchev–Trinajstić information content (AvgIpc) is 3.55. The van der Waals surface area contributed by atoms with Gasteiger partial charge in [0, 0.05) is 12.1 Å². The third-order valence-electron chi connectivity index (χ3n) is 7.17. The molecule has 2 aromatic heterocycles. The molecule has 2 N–H and O–H groups in total. The molecule has 4 aromatic rings. The first-order valence-electron chi connectivity index (χ1n) is 13.6. The van der Waals surface area contributed by atoms with Gasteiger partial charge in [-0.1, -0.05) is 55.5 Å². The SMILES string of the molecule is C=COC(=O)n1nc(NC(=O)c2ccc(CN3CCCCC3)cc2)c2cc(C(=O)NC(C)(C)c3ccccc3)sc21. The van der Waals surface area contributed by atoms with Gasteiger partial charge in [0.2, 0.25) is 0 Å². The van der Waals surface area contributed by atoms with E-state index in [0.717, 1.165) is 53.0 Å². The van der Waals surface area contributed by atoms with E-state index in [1.807, 2.05) is 56.3 Å². The summed E-state index contributed by atoms with van der Waals surface area (Å²) in [6.07, 6.45) is 3.93. The molecule has 0 atom stereocenters. The van der Waals surface area contributed by atoms with Crippen LogP contribution in [0.2, 0.25) is 0 Å². The second kappa shape index (κ2) is 12.1. The van der Waals surface area contributed by atoms with Crippen molar-refractivity contribution in [1.82, 2.24) is 20.0 Å². The third kappa shape index (κ3) is 6.39. The minimum absolute atomic E-state index is 0.154. The Hall–Kier alpha value is -4.28. The first-order chi connectivity index (χ1) is 19.7.